The van der Waals surface area contributed by atoms with Crippen molar-refractivity contribution >= 4 is 0 Å². The number of methoxy groups -OCH3 is 1. The SMILES string of the molecule is C=C/C=C(/OC)C(=C)[C@@H](C)O. The van der Waals surface area contributed by atoms with E-state index in [1.165, 1.54) is 7.11 Å². The number of allylic oxidation sites excluding steroid dienone is 2. The number of aliphatic hydroxyl groups excluding tert-OH is 1. The maximum atomic E-state index is 9.09. The van der Waals surface area contributed by atoms with Crippen molar-refractivity contribution < 1.29 is 9.84 Å². The normalized spacial score (nSPS) is 13.9. The van der Waals surface area contributed by atoms with Gasteiger partial charge in [-0.1, -0.05) is 19.2 Å². The number of hydrogen-bond donors (Lipinski definition) is 1. The van der Waals surface area contributed by atoms with Gasteiger partial charge >= 0.3 is 0 Å². The van der Waals surface area contributed by atoms with Crippen molar-refractivity contribution in [3.05, 3.63) is 36.6 Å². The van der Waals surface area contributed by atoms with Gasteiger partial charge in [0.2, 0.25) is 0 Å². The minimum absolute atomic E-state index is 0.562. The third-order valence-corrected chi connectivity index (χ3v) is 1.31. The molecule has 0 rings (SSSR count). The Bertz CT molecular complexity index is 178. The van der Waals surface area contributed by atoms with Gasteiger partial charge in [0.25, 0.3) is 0 Å². The molecule has 1 atom stereocenters. The molecule has 11 heavy (non-hydrogen) atoms. The lowest BCUT2D eigenvalue weighted by Crippen LogP contribution is -2.06. The van der Waals surface area contributed by atoms with Crippen LogP contribution in [0.4, 0.5) is 0 Å². The lowest BCUT2D eigenvalue weighted by molar-refractivity contribution is 0.211. The molecule has 0 aromatic heterocycles. The summed E-state index contributed by atoms with van der Waals surface area (Å²) in [6.07, 6.45) is 2.67. The molecular formula is C9H14O2. The lowest BCUT2D eigenvalue weighted by atomic mass is 10.1. The predicted octanol–water partition coefficient (Wildman–Crippen LogP) is 1.64. The Labute approximate surface area is 67.5 Å². The molecule has 0 radical (unpaired) electrons. The summed E-state index contributed by atoms with van der Waals surface area (Å²) in [5, 5.41) is 9.09. The third kappa shape index (κ3) is 3.05. The van der Waals surface area contributed by atoms with Crippen molar-refractivity contribution in [2.45, 2.75) is 13.0 Å². The quantitative estimate of drug-likeness (QED) is 0.492. The zero-order chi connectivity index (χ0) is 8.85. The Morgan fingerprint density at radius 2 is 2.18 bits per heavy atom. The topological polar surface area (TPSA) is 29.5 Å². The largest absolute Gasteiger partial charge is 0.496 e. The van der Waals surface area contributed by atoms with Crippen LogP contribution in [-0.4, -0.2) is 18.3 Å². The molecule has 1 N–H and O–H groups in total. The van der Waals surface area contributed by atoms with Crippen molar-refractivity contribution in [1.29, 1.82) is 0 Å². The van der Waals surface area contributed by atoms with Gasteiger partial charge in [-0.05, 0) is 13.0 Å². The van der Waals surface area contributed by atoms with Gasteiger partial charge in [-0.25, -0.2) is 0 Å². The average Bonchev–Trinajstić information content (AvgIpc) is 1.98. The van der Waals surface area contributed by atoms with E-state index in [1.807, 2.05) is 0 Å². The van der Waals surface area contributed by atoms with Gasteiger partial charge in [0.1, 0.15) is 5.76 Å². The standard InChI is InChI=1S/C9H14O2/c1-5-6-9(11-4)7(2)8(3)10/h5-6,8,10H,1-2H2,3-4H3/b9-6+/t8-/m1/s1. The van der Waals surface area contributed by atoms with Gasteiger partial charge in [0.15, 0.2) is 0 Å². The second kappa shape index (κ2) is 4.74. The summed E-state index contributed by atoms with van der Waals surface area (Å²) in [5.41, 5.74) is 0.562. The molecule has 0 spiro atoms. The molecule has 0 heterocycles. The number of ether oxygens (including phenoxy) is 1. The molecule has 0 amide bonds. The molecular weight excluding hydrogens is 140 g/mol. The molecule has 0 unspecified atom stereocenters. The monoisotopic (exact) mass is 154 g/mol. The minimum Gasteiger partial charge on any atom is -0.496 e. The Morgan fingerprint density at radius 3 is 2.45 bits per heavy atom. The first-order valence-corrected chi connectivity index (χ1v) is 3.37. The smallest absolute Gasteiger partial charge is 0.124 e. The predicted molar refractivity (Wildman–Crippen MR) is 46.1 cm³/mol. The Balaban J connectivity index is 4.38. The molecule has 0 aromatic carbocycles. The summed E-state index contributed by atoms with van der Waals surface area (Å²) in [4.78, 5) is 0. The maximum absolute atomic E-state index is 9.09. The van der Waals surface area contributed by atoms with Crippen LogP contribution in [-0.2, 0) is 4.74 Å². The Kier molecular flexibility index (Phi) is 4.30. The molecule has 0 aliphatic carbocycles. The molecule has 0 saturated heterocycles. The fourth-order valence-electron chi connectivity index (χ4n) is 0.619. The van der Waals surface area contributed by atoms with E-state index in [9.17, 15) is 0 Å². The molecule has 2 nitrogen and oxygen atoms in total. The van der Waals surface area contributed by atoms with Crippen molar-refractivity contribution in [3.63, 3.8) is 0 Å². The Morgan fingerprint density at radius 1 is 1.64 bits per heavy atom. The van der Waals surface area contributed by atoms with Gasteiger partial charge in [0, 0.05) is 5.57 Å². The number of hydrogen-bond acceptors (Lipinski definition) is 2. The van der Waals surface area contributed by atoms with Crippen molar-refractivity contribution in [3.8, 4) is 0 Å². The van der Waals surface area contributed by atoms with E-state index in [0.29, 0.717) is 11.3 Å². The first kappa shape index (κ1) is 9.98. The van der Waals surface area contributed by atoms with Crippen LogP contribution in [0.15, 0.2) is 36.6 Å². The summed E-state index contributed by atoms with van der Waals surface area (Å²) < 4.78 is 4.94. The van der Waals surface area contributed by atoms with E-state index in [4.69, 9.17) is 9.84 Å². The maximum Gasteiger partial charge on any atom is 0.124 e. The van der Waals surface area contributed by atoms with Crippen LogP contribution in [0.1, 0.15) is 6.92 Å². The molecule has 62 valence electrons. The molecule has 2 heteroatoms. The molecule has 0 aliphatic heterocycles. The summed E-state index contributed by atoms with van der Waals surface area (Å²) in [7, 11) is 1.53. The summed E-state index contributed by atoms with van der Waals surface area (Å²) in [6.45, 7) is 8.80. The molecule has 0 bridgehead atoms. The van der Waals surface area contributed by atoms with E-state index in [0.717, 1.165) is 0 Å². The van der Waals surface area contributed by atoms with Gasteiger partial charge in [-0.15, -0.1) is 0 Å². The van der Waals surface area contributed by atoms with Crippen molar-refractivity contribution in [2.24, 2.45) is 0 Å². The number of aliphatic hydroxyl groups is 1. The third-order valence-electron chi connectivity index (χ3n) is 1.31. The van der Waals surface area contributed by atoms with Crippen molar-refractivity contribution in [2.75, 3.05) is 7.11 Å². The van der Waals surface area contributed by atoms with E-state index in [-0.39, 0.29) is 0 Å². The average molecular weight is 154 g/mol. The first-order chi connectivity index (χ1) is 5.13. The first-order valence-electron chi connectivity index (χ1n) is 3.37. The summed E-state index contributed by atoms with van der Waals surface area (Å²) in [6, 6.07) is 0. The van der Waals surface area contributed by atoms with E-state index < -0.39 is 6.10 Å². The highest BCUT2D eigenvalue weighted by molar-refractivity contribution is 5.28. The van der Waals surface area contributed by atoms with E-state index in [2.05, 4.69) is 13.2 Å². The van der Waals surface area contributed by atoms with Crippen LogP contribution >= 0.6 is 0 Å². The van der Waals surface area contributed by atoms with Crippen LogP contribution in [0.25, 0.3) is 0 Å². The van der Waals surface area contributed by atoms with Crippen LogP contribution in [0.2, 0.25) is 0 Å². The van der Waals surface area contributed by atoms with E-state index >= 15 is 0 Å². The van der Waals surface area contributed by atoms with Crippen LogP contribution in [0, 0.1) is 0 Å². The van der Waals surface area contributed by atoms with Crippen molar-refractivity contribution in [1.82, 2.24) is 0 Å². The number of rotatable bonds is 4. The molecule has 0 aliphatic rings. The van der Waals surface area contributed by atoms with Gasteiger partial charge in [-0.2, -0.15) is 0 Å². The second-order valence-electron chi connectivity index (χ2n) is 2.17. The molecule has 0 aromatic rings. The van der Waals surface area contributed by atoms with Gasteiger partial charge in [-0.3, -0.25) is 0 Å². The minimum atomic E-state index is -0.582. The molecule has 0 saturated carbocycles. The lowest BCUT2D eigenvalue weighted by Gasteiger charge is -2.10. The zero-order valence-electron chi connectivity index (χ0n) is 7.00. The highest BCUT2D eigenvalue weighted by atomic mass is 16.5. The highest BCUT2D eigenvalue weighted by Crippen LogP contribution is 2.12. The van der Waals surface area contributed by atoms with Crippen LogP contribution in [0.5, 0.6) is 0 Å². The summed E-state index contributed by atoms with van der Waals surface area (Å²) in [5.74, 6) is 0.565. The van der Waals surface area contributed by atoms with Crippen LogP contribution in [0.3, 0.4) is 0 Å². The fourth-order valence-corrected chi connectivity index (χ4v) is 0.619. The fraction of sp³-hybridized carbons (Fsp3) is 0.333. The van der Waals surface area contributed by atoms with E-state index in [1.54, 1.807) is 19.1 Å². The van der Waals surface area contributed by atoms with Gasteiger partial charge in [0.05, 0.1) is 13.2 Å². The molecule has 0 fully saturated rings. The van der Waals surface area contributed by atoms with Crippen LogP contribution < -0.4 is 0 Å². The van der Waals surface area contributed by atoms with Gasteiger partial charge < -0.3 is 9.84 Å². The summed E-state index contributed by atoms with van der Waals surface area (Å²) >= 11 is 0. The highest BCUT2D eigenvalue weighted by Gasteiger charge is 2.06. The zero-order valence-corrected chi connectivity index (χ0v) is 7.00. The Hall–Kier alpha value is -1.02. The second-order valence-corrected chi connectivity index (χ2v) is 2.17.